The number of para-hydroxylation sites is 1. The molecule has 3 aromatic carbocycles. The van der Waals surface area contributed by atoms with E-state index >= 15 is 0 Å². The molecule has 0 bridgehead atoms. The average molecular weight is 445 g/mol. The molecule has 0 aliphatic carbocycles. The van der Waals surface area contributed by atoms with E-state index in [1.165, 1.54) is 12.1 Å². The molecule has 144 valence electrons. The highest BCUT2D eigenvalue weighted by Gasteiger charge is 2.14. The van der Waals surface area contributed by atoms with Gasteiger partial charge >= 0.3 is 5.63 Å². The van der Waals surface area contributed by atoms with Crippen LogP contribution in [0.5, 0.6) is 0 Å². The Labute approximate surface area is 180 Å². The van der Waals surface area contributed by atoms with Crippen LogP contribution < -0.4 is 10.9 Å². The van der Waals surface area contributed by atoms with E-state index in [2.05, 4.69) is 5.32 Å². The molecular formula is C22H12Cl3NO3. The Morgan fingerprint density at radius 3 is 2.38 bits per heavy atom. The van der Waals surface area contributed by atoms with E-state index in [4.69, 9.17) is 39.2 Å². The van der Waals surface area contributed by atoms with Gasteiger partial charge in [0.25, 0.3) is 5.91 Å². The molecule has 1 amide bonds. The largest absolute Gasteiger partial charge is 0.422 e. The Kier molecular flexibility index (Phi) is 5.33. The number of nitrogens with one attached hydrogen (secondary N) is 1. The molecule has 0 aliphatic heterocycles. The normalized spacial score (nSPS) is 10.9. The van der Waals surface area contributed by atoms with Crippen LogP contribution in [-0.4, -0.2) is 5.91 Å². The van der Waals surface area contributed by atoms with Crippen molar-refractivity contribution in [2.24, 2.45) is 0 Å². The lowest BCUT2D eigenvalue weighted by molar-refractivity contribution is 0.102. The maximum absolute atomic E-state index is 12.5. The van der Waals surface area contributed by atoms with Crippen LogP contribution in [0.15, 0.2) is 75.9 Å². The molecule has 0 fully saturated rings. The number of amides is 1. The highest BCUT2D eigenvalue weighted by Crippen LogP contribution is 2.31. The number of hydrogen-bond donors (Lipinski definition) is 1. The molecule has 4 aromatic rings. The van der Waals surface area contributed by atoms with Crippen LogP contribution in [0.1, 0.15) is 10.4 Å². The van der Waals surface area contributed by atoms with Crippen molar-refractivity contribution in [1.82, 2.24) is 0 Å². The molecule has 0 spiro atoms. The third-order valence-electron chi connectivity index (χ3n) is 4.33. The number of halogens is 3. The van der Waals surface area contributed by atoms with Gasteiger partial charge in [-0.05, 0) is 42.5 Å². The molecule has 0 saturated carbocycles. The number of hydrogen-bond acceptors (Lipinski definition) is 3. The van der Waals surface area contributed by atoms with Crippen LogP contribution in [0, 0.1) is 0 Å². The summed E-state index contributed by atoms with van der Waals surface area (Å²) in [6, 6.07) is 18.4. The molecule has 1 N–H and O–H groups in total. The summed E-state index contributed by atoms with van der Waals surface area (Å²) in [6.45, 7) is 0. The Morgan fingerprint density at radius 1 is 0.828 bits per heavy atom. The highest BCUT2D eigenvalue weighted by molar-refractivity contribution is 6.37. The summed E-state index contributed by atoms with van der Waals surface area (Å²) in [5.74, 6) is -0.402. The summed E-state index contributed by atoms with van der Waals surface area (Å²) < 4.78 is 5.37. The molecule has 1 heterocycles. The van der Waals surface area contributed by atoms with Crippen molar-refractivity contribution >= 4 is 57.4 Å². The first-order valence-electron chi connectivity index (χ1n) is 8.51. The van der Waals surface area contributed by atoms with E-state index in [1.807, 2.05) is 12.1 Å². The van der Waals surface area contributed by atoms with Gasteiger partial charge in [-0.2, -0.15) is 0 Å². The molecule has 29 heavy (non-hydrogen) atoms. The molecule has 0 saturated heterocycles. The van der Waals surface area contributed by atoms with Crippen molar-refractivity contribution in [2.45, 2.75) is 0 Å². The van der Waals surface area contributed by atoms with Crippen LogP contribution >= 0.6 is 34.8 Å². The van der Waals surface area contributed by atoms with Crippen molar-refractivity contribution in [2.75, 3.05) is 5.32 Å². The van der Waals surface area contributed by atoms with Gasteiger partial charge in [0.1, 0.15) is 5.58 Å². The van der Waals surface area contributed by atoms with Crippen molar-refractivity contribution in [3.05, 3.63) is 97.8 Å². The lowest BCUT2D eigenvalue weighted by Crippen LogP contribution is -2.12. The number of carbonyl (C=O) groups excluding carboxylic acids is 1. The highest BCUT2D eigenvalue weighted by atomic mass is 35.5. The topological polar surface area (TPSA) is 59.3 Å². The lowest BCUT2D eigenvalue weighted by atomic mass is 10.1. The van der Waals surface area contributed by atoms with Crippen LogP contribution in [0.3, 0.4) is 0 Å². The quantitative estimate of drug-likeness (QED) is 0.359. The van der Waals surface area contributed by atoms with Gasteiger partial charge < -0.3 is 9.73 Å². The van der Waals surface area contributed by atoms with Gasteiger partial charge in [0.05, 0.1) is 21.2 Å². The lowest BCUT2D eigenvalue weighted by Gasteiger charge is -2.10. The Balaban J connectivity index is 1.66. The summed E-state index contributed by atoms with van der Waals surface area (Å²) in [5, 5.41) is 4.49. The Hall–Kier alpha value is -2.79. The van der Waals surface area contributed by atoms with Crippen LogP contribution in [0.2, 0.25) is 15.1 Å². The zero-order valence-electron chi connectivity index (χ0n) is 14.7. The maximum atomic E-state index is 12.5. The fourth-order valence-corrected chi connectivity index (χ4v) is 3.71. The van der Waals surface area contributed by atoms with E-state index < -0.39 is 11.5 Å². The van der Waals surface area contributed by atoms with Gasteiger partial charge in [0.2, 0.25) is 0 Å². The molecule has 4 nitrogen and oxygen atoms in total. The monoisotopic (exact) mass is 443 g/mol. The standard InChI is InChI=1S/C22H12Cl3NO3/c23-13-5-7-16(18(24)10-13)21(27)26-14-6-8-15(19(25)11-14)17-9-12-3-1-2-4-20(12)29-22(17)28/h1-11H,(H,26,27). The number of rotatable bonds is 3. The number of anilines is 1. The third kappa shape index (κ3) is 4.01. The zero-order chi connectivity index (χ0) is 20.5. The van der Waals surface area contributed by atoms with Crippen molar-refractivity contribution in [3.63, 3.8) is 0 Å². The molecule has 0 atom stereocenters. The molecule has 7 heteroatoms. The minimum absolute atomic E-state index is 0.242. The van der Waals surface area contributed by atoms with Crippen LogP contribution in [0.25, 0.3) is 22.1 Å². The molecule has 0 aliphatic rings. The smallest absolute Gasteiger partial charge is 0.344 e. The van der Waals surface area contributed by atoms with Gasteiger partial charge in [-0.3, -0.25) is 4.79 Å². The van der Waals surface area contributed by atoms with Gasteiger partial charge in [-0.1, -0.05) is 59.1 Å². The predicted molar refractivity (Wildman–Crippen MR) is 117 cm³/mol. The zero-order valence-corrected chi connectivity index (χ0v) is 17.0. The summed E-state index contributed by atoms with van der Waals surface area (Å²) in [7, 11) is 0. The SMILES string of the molecule is O=C(Nc1ccc(-c2cc3ccccc3oc2=O)c(Cl)c1)c1ccc(Cl)cc1Cl. The first kappa shape index (κ1) is 19.5. The molecule has 1 aromatic heterocycles. The van der Waals surface area contributed by atoms with E-state index in [0.29, 0.717) is 32.4 Å². The first-order valence-corrected chi connectivity index (χ1v) is 9.65. The predicted octanol–water partition coefficient (Wildman–Crippen LogP) is 6.67. The van der Waals surface area contributed by atoms with Crippen molar-refractivity contribution < 1.29 is 9.21 Å². The van der Waals surface area contributed by atoms with Gasteiger partial charge in [0, 0.05) is 21.7 Å². The van der Waals surface area contributed by atoms with Gasteiger partial charge in [0.15, 0.2) is 0 Å². The second-order valence-corrected chi connectivity index (χ2v) is 7.51. The van der Waals surface area contributed by atoms with Gasteiger partial charge in [-0.25, -0.2) is 4.79 Å². The van der Waals surface area contributed by atoms with Crippen LogP contribution in [0.4, 0.5) is 5.69 Å². The minimum atomic E-state index is -0.490. The summed E-state index contributed by atoms with van der Waals surface area (Å²) in [6.07, 6.45) is 0. The number of benzene rings is 3. The summed E-state index contributed by atoms with van der Waals surface area (Å²) >= 11 is 18.3. The van der Waals surface area contributed by atoms with E-state index in [9.17, 15) is 9.59 Å². The fourth-order valence-electron chi connectivity index (χ4n) is 2.93. The van der Waals surface area contributed by atoms with Gasteiger partial charge in [-0.15, -0.1) is 0 Å². The third-order valence-corrected chi connectivity index (χ3v) is 5.19. The second kappa shape index (κ2) is 7.91. The number of fused-ring (bicyclic) bond motifs is 1. The second-order valence-electron chi connectivity index (χ2n) is 6.26. The summed E-state index contributed by atoms with van der Waals surface area (Å²) in [5.41, 5.74) is 1.60. The molecule has 0 unspecified atom stereocenters. The number of carbonyl (C=O) groups is 1. The Bertz CT molecular complexity index is 1310. The Morgan fingerprint density at radius 2 is 1.62 bits per heavy atom. The van der Waals surface area contributed by atoms with Crippen LogP contribution in [-0.2, 0) is 0 Å². The summed E-state index contributed by atoms with van der Waals surface area (Å²) in [4.78, 5) is 24.8. The average Bonchev–Trinajstić information content (AvgIpc) is 2.68. The molecule has 0 radical (unpaired) electrons. The minimum Gasteiger partial charge on any atom is -0.422 e. The fraction of sp³-hybridized carbons (Fsp3) is 0. The molecule has 4 rings (SSSR count). The molecular weight excluding hydrogens is 433 g/mol. The first-order chi connectivity index (χ1) is 13.9. The van der Waals surface area contributed by atoms with E-state index in [-0.39, 0.29) is 10.6 Å². The maximum Gasteiger partial charge on any atom is 0.344 e. The van der Waals surface area contributed by atoms with Crippen molar-refractivity contribution in [3.8, 4) is 11.1 Å². The van der Waals surface area contributed by atoms with E-state index in [0.717, 1.165) is 5.39 Å². The van der Waals surface area contributed by atoms with Crippen molar-refractivity contribution in [1.29, 1.82) is 0 Å². The van der Waals surface area contributed by atoms with E-state index in [1.54, 1.807) is 42.5 Å².